The van der Waals surface area contributed by atoms with Gasteiger partial charge >= 0.3 is 11.9 Å². The van der Waals surface area contributed by atoms with E-state index in [0.29, 0.717) is 11.7 Å². The van der Waals surface area contributed by atoms with Crippen LogP contribution in [0.4, 0.5) is 8.78 Å². The van der Waals surface area contributed by atoms with Crippen LogP contribution < -0.4 is 9.84 Å². The lowest BCUT2D eigenvalue weighted by Crippen LogP contribution is -2.53. The zero-order chi connectivity index (χ0) is 21.1. The lowest BCUT2D eigenvalue weighted by Gasteiger charge is -2.32. The average molecular weight is 397 g/mol. The quantitative estimate of drug-likeness (QED) is 0.627. The normalized spacial score (nSPS) is 16.8. The third kappa shape index (κ3) is 5.00. The molecule has 5 nitrogen and oxygen atoms in total. The standard InChI is InChI=1S/C21H28F2O5/c1-13(2)17(21(22,23)19(25)26)27-18(24)14-9-11-16(12-10-14)28-20(3,4)15-7-5-6-8-15/h9-13,15,17H,5-8H2,1-4H3,(H,25,26)/p-1. The highest BCUT2D eigenvalue weighted by molar-refractivity contribution is 5.90. The van der Waals surface area contributed by atoms with E-state index in [9.17, 15) is 23.5 Å². The largest absolute Gasteiger partial charge is 0.544 e. The number of esters is 1. The number of carbonyl (C=O) groups is 2. The molecule has 0 bridgehead atoms. The monoisotopic (exact) mass is 397 g/mol. The van der Waals surface area contributed by atoms with E-state index in [1.165, 1.54) is 38.8 Å². The second-order valence-corrected chi connectivity index (χ2v) is 8.19. The van der Waals surface area contributed by atoms with Crippen LogP contribution in [0.5, 0.6) is 5.75 Å². The van der Waals surface area contributed by atoms with Crippen molar-refractivity contribution in [3.05, 3.63) is 29.8 Å². The highest BCUT2D eigenvalue weighted by Gasteiger charge is 2.46. The number of hydrogen-bond acceptors (Lipinski definition) is 5. The zero-order valence-electron chi connectivity index (χ0n) is 16.7. The fraction of sp³-hybridized carbons (Fsp3) is 0.619. The highest BCUT2D eigenvalue weighted by Crippen LogP contribution is 2.37. The van der Waals surface area contributed by atoms with Crippen LogP contribution in [0.1, 0.15) is 63.7 Å². The predicted octanol–water partition coefficient (Wildman–Crippen LogP) is 3.60. The van der Waals surface area contributed by atoms with Gasteiger partial charge in [-0.15, -0.1) is 0 Å². The first-order valence-electron chi connectivity index (χ1n) is 9.54. The van der Waals surface area contributed by atoms with Crippen molar-refractivity contribution in [3.63, 3.8) is 0 Å². The van der Waals surface area contributed by atoms with Crippen molar-refractivity contribution in [3.8, 4) is 5.75 Å². The second kappa shape index (κ2) is 8.45. The van der Waals surface area contributed by atoms with Crippen molar-refractivity contribution in [1.82, 2.24) is 0 Å². The van der Waals surface area contributed by atoms with Crippen molar-refractivity contribution in [2.24, 2.45) is 11.8 Å². The van der Waals surface area contributed by atoms with Gasteiger partial charge in [0.15, 0.2) is 6.10 Å². The Morgan fingerprint density at radius 3 is 2.11 bits per heavy atom. The molecule has 28 heavy (non-hydrogen) atoms. The Morgan fingerprint density at radius 2 is 1.64 bits per heavy atom. The highest BCUT2D eigenvalue weighted by atomic mass is 19.3. The number of carbonyl (C=O) groups excluding carboxylic acids is 2. The van der Waals surface area contributed by atoms with Crippen LogP contribution in [-0.4, -0.2) is 29.6 Å². The van der Waals surface area contributed by atoms with Crippen molar-refractivity contribution >= 4 is 11.9 Å². The van der Waals surface area contributed by atoms with Crippen LogP contribution in [0, 0.1) is 11.8 Å². The van der Waals surface area contributed by atoms with E-state index < -0.39 is 29.9 Å². The van der Waals surface area contributed by atoms with Gasteiger partial charge in [0.25, 0.3) is 0 Å². The van der Waals surface area contributed by atoms with Gasteiger partial charge in [0, 0.05) is 0 Å². The summed E-state index contributed by atoms with van der Waals surface area (Å²) >= 11 is 0. The summed E-state index contributed by atoms with van der Waals surface area (Å²) in [7, 11) is 0. The molecule has 1 aliphatic carbocycles. The number of rotatable bonds is 8. The molecule has 0 N–H and O–H groups in total. The minimum absolute atomic E-state index is 0.0332. The zero-order valence-corrected chi connectivity index (χ0v) is 16.7. The molecule has 0 saturated heterocycles. The van der Waals surface area contributed by atoms with Crippen molar-refractivity contribution in [1.29, 1.82) is 0 Å². The fourth-order valence-electron chi connectivity index (χ4n) is 3.60. The van der Waals surface area contributed by atoms with Crippen molar-refractivity contribution in [2.45, 2.75) is 71.0 Å². The first-order chi connectivity index (χ1) is 12.9. The molecule has 7 heteroatoms. The van der Waals surface area contributed by atoms with E-state index >= 15 is 0 Å². The SMILES string of the molecule is CC(C)C(OC(=O)c1ccc(OC(C)(C)C2CCCC2)cc1)C(F)(F)C(=O)[O-]. The van der Waals surface area contributed by atoms with Crippen LogP contribution in [0.25, 0.3) is 0 Å². The molecule has 0 spiro atoms. The Bertz CT molecular complexity index is 691. The molecular weight excluding hydrogens is 370 g/mol. The summed E-state index contributed by atoms with van der Waals surface area (Å²) in [6.07, 6.45) is 2.48. The number of carboxylic acids is 1. The Hall–Kier alpha value is -2.18. The fourth-order valence-corrected chi connectivity index (χ4v) is 3.60. The molecule has 0 amide bonds. The maximum Gasteiger partial charge on any atom is 0.338 e. The number of benzene rings is 1. The molecule has 1 unspecified atom stereocenters. The van der Waals surface area contributed by atoms with Crippen LogP contribution in [0.3, 0.4) is 0 Å². The Kier molecular flexibility index (Phi) is 6.67. The van der Waals surface area contributed by atoms with Gasteiger partial charge in [0.1, 0.15) is 17.3 Å². The van der Waals surface area contributed by atoms with Gasteiger partial charge in [0.05, 0.1) is 5.56 Å². The van der Waals surface area contributed by atoms with E-state index in [4.69, 9.17) is 9.47 Å². The minimum Gasteiger partial charge on any atom is -0.544 e. The maximum atomic E-state index is 13.8. The first-order valence-corrected chi connectivity index (χ1v) is 9.54. The van der Waals surface area contributed by atoms with E-state index in [1.807, 2.05) is 13.8 Å². The average Bonchev–Trinajstić information content (AvgIpc) is 3.14. The molecule has 1 aromatic rings. The van der Waals surface area contributed by atoms with Crippen LogP contribution in [0.15, 0.2) is 24.3 Å². The van der Waals surface area contributed by atoms with Gasteiger partial charge in [0.2, 0.25) is 0 Å². The molecular formula is C21H27F2O5-. The van der Waals surface area contributed by atoms with Crippen LogP contribution >= 0.6 is 0 Å². The molecule has 0 heterocycles. The van der Waals surface area contributed by atoms with Gasteiger partial charge < -0.3 is 19.4 Å². The summed E-state index contributed by atoms with van der Waals surface area (Å²) in [6.45, 7) is 6.74. The summed E-state index contributed by atoms with van der Waals surface area (Å²) < 4.78 is 38.4. The predicted molar refractivity (Wildman–Crippen MR) is 97.1 cm³/mol. The maximum absolute atomic E-state index is 13.8. The summed E-state index contributed by atoms with van der Waals surface area (Å²) in [5, 5.41) is 10.7. The molecule has 2 rings (SSSR count). The molecule has 1 saturated carbocycles. The third-order valence-electron chi connectivity index (χ3n) is 5.28. The summed E-state index contributed by atoms with van der Waals surface area (Å²) in [5.74, 6) is -7.77. The third-order valence-corrected chi connectivity index (χ3v) is 5.28. The minimum atomic E-state index is -4.28. The van der Waals surface area contributed by atoms with E-state index in [0.717, 1.165) is 12.8 Å². The summed E-state index contributed by atoms with van der Waals surface area (Å²) in [4.78, 5) is 22.9. The second-order valence-electron chi connectivity index (χ2n) is 8.19. The molecule has 1 fully saturated rings. The number of ether oxygens (including phenoxy) is 2. The molecule has 1 aliphatic rings. The van der Waals surface area contributed by atoms with Crippen LogP contribution in [-0.2, 0) is 9.53 Å². The van der Waals surface area contributed by atoms with Crippen molar-refractivity contribution in [2.75, 3.05) is 0 Å². The molecule has 0 aromatic heterocycles. The summed E-state index contributed by atoms with van der Waals surface area (Å²) in [6, 6.07) is 5.98. The molecule has 0 radical (unpaired) electrons. The number of aliphatic carboxylic acids is 1. The van der Waals surface area contributed by atoms with Gasteiger partial charge in [-0.2, -0.15) is 8.78 Å². The molecule has 1 aromatic carbocycles. The summed E-state index contributed by atoms with van der Waals surface area (Å²) in [5.41, 5.74) is -0.316. The lowest BCUT2D eigenvalue weighted by atomic mass is 9.89. The Labute approximate surface area is 164 Å². The number of carboxylic acid groups (broad SMARTS) is 1. The number of halogens is 2. The Balaban J connectivity index is 2.07. The van der Waals surface area contributed by atoms with E-state index in [-0.39, 0.29) is 11.2 Å². The number of hydrogen-bond donors (Lipinski definition) is 0. The lowest BCUT2D eigenvalue weighted by molar-refractivity contribution is -0.337. The van der Waals surface area contributed by atoms with Crippen molar-refractivity contribution < 1.29 is 33.0 Å². The van der Waals surface area contributed by atoms with Gasteiger partial charge in [-0.25, -0.2) is 4.79 Å². The van der Waals surface area contributed by atoms with Gasteiger partial charge in [-0.05, 0) is 62.8 Å². The first kappa shape index (κ1) is 22.1. The van der Waals surface area contributed by atoms with E-state index in [1.54, 1.807) is 12.1 Å². The smallest absolute Gasteiger partial charge is 0.338 e. The molecule has 156 valence electrons. The van der Waals surface area contributed by atoms with Gasteiger partial charge in [-0.1, -0.05) is 26.7 Å². The molecule has 1 atom stereocenters. The molecule has 0 aliphatic heterocycles. The number of alkyl halides is 2. The van der Waals surface area contributed by atoms with Crippen LogP contribution in [0.2, 0.25) is 0 Å². The van der Waals surface area contributed by atoms with E-state index in [2.05, 4.69) is 0 Å². The Morgan fingerprint density at radius 1 is 1.11 bits per heavy atom. The topological polar surface area (TPSA) is 75.7 Å². The van der Waals surface area contributed by atoms with Gasteiger partial charge in [-0.3, -0.25) is 0 Å².